The van der Waals surface area contributed by atoms with Crippen LogP contribution in [0.25, 0.3) is 0 Å². The van der Waals surface area contributed by atoms with Crippen molar-refractivity contribution in [3.05, 3.63) is 18.0 Å². The minimum Gasteiger partial charge on any atom is -0.397 e. The van der Waals surface area contributed by atoms with Gasteiger partial charge in [-0.25, -0.2) is 0 Å². The van der Waals surface area contributed by atoms with Gasteiger partial charge in [0.05, 0.1) is 5.69 Å². The zero-order chi connectivity index (χ0) is 14.5. The smallest absolute Gasteiger partial charge is 0.268 e. The largest absolute Gasteiger partial charge is 0.397 e. The maximum atomic E-state index is 12.4. The molecule has 2 rings (SSSR count). The van der Waals surface area contributed by atoms with Crippen molar-refractivity contribution in [3.8, 4) is 0 Å². The molecule has 0 bridgehead atoms. The Kier molecular flexibility index (Phi) is 5.10. The molecule has 1 saturated carbocycles. The Labute approximate surface area is 121 Å². The fourth-order valence-electron chi connectivity index (χ4n) is 3.18. The lowest BCUT2D eigenvalue weighted by atomic mass is 9.84. The van der Waals surface area contributed by atoms with Crippen LogP contribution in [0.4, 0.5) is 5.69 Å². The van der Waals surface area contributed by atoms with Gasteiger partial charge in [-0.2, -0.15) is 0 Å². The van der Waals surface area contributed by atoms with Gasteiger partial charge >= 0.3 is 0 Å². The molecular weight excluding hydrogens is 250 g/mol. The topological polar surface area (TPSA) is 60.0 Å². The molecule has 1 heterocycles. The molecule has 0 aromatic carbocycles. The normalized spacial score (nSPS) is 17.9. The molecule has 1 aromatic rings. The highest BCUT2D eigenvalue weighted by molar-refractivity contribution is 5.94. The number of amides is 1. The van der Waals surface area contributed by atoms with Crippen LogP contribution in [0, 0.1) is 5.92 Å². The lowest BCUT2D eigenvalue weighted by Gasteiger charge is -2.28. The Hall–Kier alpha value is -1.45. The first kappa shape index (κ1) is 14.9. The Morgan fingerprint density at radius 1 is 1.45 bits per heavy atom. The van der Waals surface area contributed by atoms with Gasteiger partial charge < -0.3 is 15.6 Å². The summed E-state index contributed by atoms with van der Waals surface area (Å²) >= 11 is 0. The van der Waals surface area contributed by atoms with E-state index < -0.39 is 0 Å². The quantitative estimate of drug-likeness (QED) is 0.868. The van der Waals surface area contributed by atoms with Crippen LogP contribution in [0.2, 0.25) is 0 Å². The second-order valence-corrected chi connectivity index (χ2v) is 6.01. The van der Waals surface area contributed by atoms with E-state index in [2.05, 4.69) is 19.2 Å². The highest BCUT2D eigenvalue weighted by Gasteiger charge is 2.23. The number of nitrogen functional groups attached to an aromatic ring is 1. The third-order valence-electron chi connectivity index (χ3n) is 4.33. The standard InChI is InChI=1S/C16H27N3O/c1-3-9-19-11-14(17)10-15(19)16(20)18-12(2)13-7-5-4-6-8-13/h10-13H,3-9,17H2,1-2H3,(H,18,20). The molecule has 0 saturated heterocycles. The molecule has 1 aliphatic carbocycles. The molecule has 1 aromatic heterocycles. The predicted molar refractivity (Wildman–Crippen MR) is 82.6 cm³/mol. The number of carbonyl (C=O) groups excluding carboxylic acids is 1. The van der Waals surface area contributed by atoms with E-state index in [1.54, 1.807) is 6.07 Å². The van der Waals surface area contributed by atoms with Gasteiger partial charge in [0.15, 0.2) is 0 Å². The first-order valence-electron chi connectivity index (χ1n) is 7.88. The summed E-state index contributed by atoms with van der Waals surface area (Å²) in [7, 11) is 0. The van der Waals surface area contributed by atoms with Gasteiger partial charge in [-0.3, -0.25) is 4.79 Å². The second kappa shape index (κ2) is 6.82. The van der Waals surface area contributed by atoms with E-state index in [0.29, 0.717) is 17.3 Å². The number of anilines is 1. The van der Waals surface area contributed by atoms with Crippen LogP contribution in [-0.4, -0.2) is 16.5 Å². The van der Waals surface area contributed by atoms with E-state index in [1.807, 2.05) is 10.8 Å². The maximum absolute atomic E-state index is 12.4. The number of aromatic nitrogens is 1. The van der Waals surface area contributed by atoms with Gasteiger partial charge in [-0.15, -0.1) is 0 Å². The minimum absolute atomic E-state index is 0.00761. The van der Waals surface area contributed by atoms with Crippen LogP contribution in [0.15, 0.2) is 12.3 Å². The third kappa shape index (κ3) is 3.56. The van der Waals surface area contributed by atoms with Crippen molar-refractivity contribution in [3.63, 3.8) is 0 Å². The molecular formula is C16H27N3O. The number of hydrogen-bond donors (Lipinski definition) is 2. The molecule has 1 fully saturated rings. The maximum Gasteiger partial charge on any atom is 0.268 e. The summed E-state index contributed by atoms with van der Waals surface area (Å²) in [5, 5.41) is 3.16. The van der Waals surface area contributed by atoms with E-state index in [-0.39, 0.29) is 11.9 Å². The third-order valence-corrected chi connectivity index (χ3v) is 4.33. The summed E-state index contributed by atoms with van der Waals surface area (Å²) in [5.74, 6) is 0.632. The van der Waals surface area contributed by atoms with Crippen molar-refractivity contribution in [1.82, 2.24) is 9.88 Å². The average Bonchev–Trinajstić information content (AvgIpc) is 2.81. The molecule has 4 nitrogen and oxygen atoms in total. The van der Waals surface area contributed by atoms with Crippen molar-refractivity contribution in [2.24, 2.45) is 5.92 Å². The SMILES string of the molecule is CCCn1cc(N)cc1C(=O)NC(C)C1CCCCC1. The number of carbonyl (C=O) groups is 1. The Balaban J connectivity index is 2.00. The van der Waals surface area contributed by atoms with Crippen LogP contribution in [0.5, 0.6) is 0 Å². The number of nitrogens with zero attached hydrogens (tertiary/aromatic N) is 1. The number of rotatable bonds is 5. The molecule has 0 radical (unpaired) electrons. The van der Waals surface area contributed by atoms with Crippen LogP contribution in [0.3, 0.4) is 0 Å². The zero-order valence-corrected chi connectivity index (χ0v) is 12.7. The van der Waals surface area contributed by atoms with Crippen molar-refractivity contribution < 1.29 is 4.79 Å². The summed E-state index contributed by atoms with van der Waals surface area (Å²) in [6.45, 7) is 5.06. The van der Waals surface area contributed by atoms with Gasteiger partial charge in [0.25, 0.3) is 5.91 Å². The van der Waals surface area contributed by atoms with E-state index in [9.17, 15) is 4.79 Å². The summed E-state index contributed by atoms with van der Waals surface area (Å²) < 4.78 is 1.96. The highest BCUT2D eigenvalue weighted by atomic mass is 16.2. The van der Waals surface area contributed by atoms with Crippen molar-refractivity contribution in [2.75, 3.05) is 5.73 Å². The van der Waals surface area contributed by atoms with Crippen LogP contribution < -0.4 is 11.1 Å². The lowest BCUT2D eigenvalue weighted by Crippen LogP contribution is -2.39. The molecule has 4 heteroatoms. The van der Waals surface area contributed by atoms with Gasteiger partial charge in [0.2, 0.25) is 0 Å². The predicted octanol–water partition coefficient (Wildman–Crippen LogP) is 3.18. The first-order valence-corrected chi connectivity index (χ1v) is 7.88. The number of nitrogens with one attached hydrogen (secondary N) is 1. The molecule has 1 atom stereocenters. The van der Waals surface area contributed by atoms with Gasteiger partial charge in [0.1, 0.15) is 5.69 Å². The summed E-state index contributed by atoms with van der Waals surface area (Å²) in [4.78, 5) is 12.4. The Morgan fingerprint density at radius 2 is 2.15 bits per heavy atom. The van der Waals surface area contributed by atoms with Gasteiger partial charge in [0, 0.05) is 18.8 Å². The first-order chi connectivity index (χ1) is 9.61. The summed E-state index contributed by atoms with van der Waals surface area (Å²) in [6.07, 6.45) is 9.25. The van der Waals surface area contributed by atoms with Crippen molar-refractivity contribution in [2.45, 2.75) is 65.0 Å². The summed E-state index contributed by atoms with van der Waals surface area (Å²) in [5.41, 5.74) is 7.17. The summed E-state index contributed by atoms with van der Waals surface area (Å²) in [6, 6.07) is 2.02. The minimum atomic E-state index is 0.00761. The number of nitrogens with two attached hydrogens (primary N) is 1. The fourth-order valence-corrected chi connectivity index (χ4v) is 3.18. The van der Waals surface area contributed by atoms with Gasteiger partial charge in [-0.1, -0.05) is 26.2 Å². The highest BCUT2D eigenvalue weighted by Crippen LogP contribution is 2.26. The lowest BCUT2D eigenvalue weighted by molar-refractivity contribution is 0.0909. The van der Waals surface area contributed by atoms with E-state index in [1.165, 1.54) is 32.1 Å². The molecule has 112 valence electrons. The van der Waals surface area contributed by atoms with Crippen LogP contribution >= 0.6 is 0 Å². The molecule has 1 amide bonds. The molecule has 1 unspecified atom stereocenters. The molecule has 20 heavy (non-hydrogen) atoms. The monoisotopic (exact) mass is 277 g/mol. The zero-order valence-electron chi connectivity index (χ0n) is 12.7. The van der Waals surface area contributed by atoms with E-state index in [0.717, 1.165) is 13.0 Å². The van der Waals surface area contributed by atoms with Crippen LogP contribution in [-0.2, 0) is 6.54 Å². The fraction of sp³-hybridized carbons (Fsp3) is 0.688. The molecule has 1 aliphatic rings. The van der Waals surface area contributed by atoms with E-state index >= 15 is 0 Å². The average molecular weight is 277 g/mol. The molecule has 0 spiro atoms. The molecule has 3 N–H and O–H groups in total. The number of aryl methyl sites for hydroxylation is 1. The second-order valence-electron chi connectivity index (χ2n) is 6.01. The van der Waals surface area contributed by atoms with Gasteiger partial charge in [-0.05, 0) is 38.2 Å². The van der Waals surface area contributed by atoms with Crippen molar-refractivity contribution >= 4 is 11.6 Å². The van der Waals surface area contributed by atoms with Crippen molar-refractivity contribution in [1.29, 1.82) is 0 Å². The number of hydrogen-bond acceptors (Lipinski definition) is 2. The Bertz CT molecular complexity index is 447. The Morgan fingerprint density at radius 3 is 2.80 bits per heavy atom. The molecule has 0 aliphatic heterocycles. The van der Waals surface area contributed by atoms with E-state index in [4.69, 9.17) is 5.73 Å². The van der Waals surface area contributed by atoms with Crippen LogP contribution in [0.1, 0.15) is 62.9 Å².